The maximum absolute atomic E-state index is 12.1. The highest BCUT2D eigenvalue weighted by atomic mass is 16.5. The molecule has 226 valence electrons. The van der Waals surface area contributed by atoms with E-state index in [0.717, 1.165) is 61.7 Å². The highest BCUT2D eigenvalue weighted by Gasteiger charge is 2.27. The number of aromatic amines is 1. The van der Waals surface area contributed by atoms with E-state index in [2.05, 4.69) is 11.6 Å². The van der Waals surface area contributed by atoms with E-state index in [0.29, 0.717) is 46.9 Å². The summed E-state index contributed by atoms with van der Waals surface area (Å²) in [7, 11) is 2.76. The number of hydrogen-bond acceptors (Lipinski definition) is 8. The number of rotatable bonds is 7. The van der Waals surface area contributed by atoms with Crippen molar-refractivity contribution in [3.05, 3.63) is 97.3 Å². The number of ether oxygens (including phenoxy) is 2. The average molecular weight is 593 g/mol. The first kappa shape index (κ1) is 30.4. The molecule has 9 nitrogen and oxygen atoms in total. The summed E-state index contributed by atoms with van der Waals surface area (Å²) in [5, 5.41) is 11.8. The van der Waals surface area contributed by atoms with E-state index in [4.69, 9.17) is 24.5 Å². The van der Waals surface area contributed by atoms with Gasteiger partial charge in [-0.05, 0) is 98.3 Å². The van der Waals surface area contributed by atoms with E-state index in [1.165, 1.54) is 14.2 Å². The van der Waals surface area contributed by atoms with Crippen LogP contribution in [-0.4, -0.2) is 53.4 Å². The van der Waals surface area contributed by atoms with Crippen molar-refractivity contribution in [3.8, 4) is 0 Å². The Balaban J connectivity index is 1.79. The Morgan fingerprint density at radius 1 is 0.795 bits per heavy atom. The Bertz CT molecular complexity index is 1920. The Morgan fingerprint density at radius 3 is 2.07 bits per heavy atom. The van der Waals surface area contributed by atoms with Gasteiger partial charge in [0.2, 0.25) is 0 Å². The van der Waals surface area contributed by atoms with Crippen LogP contribution in [0.3, 0.4) is 0 Å². The van der Waals surface area contributed by atoms with Crippen LogP contribution in [0.15, 0.2) is 90.5 Å². The smallest absolute Gasteiger partial charge is 0.305 e. The van der Waals surface area contributed by atoms with Crippen LogP contribution in [-0.2, 0) is 19.1 Å². The summed E-state index contributed by atoms with van der Waals surface area (Å²) in [6.07, 6.45) is 11.9. The fraction of sp³-hybridized carbons (Fsp3) is 0.286. The number of esters is 2. The highest BCUT2D eigenvalue weighted by molar-refractivity contribution is 6.25. The number of aromatic nitrogens is 1. The van der Waals surface area contributed by atoms with Crippen LogP contribution >= 0.6 is 0 Å². The predicted molar refractivity (Wildman–Crippen MR) is 174 cm³/mol. The standard InChI is InChI=1S/C35H36N4O5/c1-8-22-18(2)28-15-33-25(17-40)21(5)27(39-33)13-26-19(3)23(9-11-34(41)43-6)31(37-26)16-32-24(10-12-35(42)44-7)20(4)29(38-32)14-30(22)36-28/h8,13-17,36,40H,1,9-12H2,2-7H3/b25-17+,26-13?,28-15?,30-14?,32-16?. The average Bonchev–Trinajstić information content (AvgIpc) is 3.67. The van der Waals surface area contributed by atoms with E-state index in [1.54, 1.807) is 6.08 Å². The Kier molecular flexibility index (Phi) is 8.49. The summed E-state index contributed by atoms with van der Waals surface area (Å²) in [6.45, 7) is 11.9. The Hall–Kier alpha value is -5.05. The molecular weight excluding hydrogens is 556 g/mol. The van der Waals surface area contributed by atoms with E-state index in [1.807, 2.05) is 52.0 Å². The van der Waals surface area contributed by atoms with Gasteiger partial charge >= 0.3 is 11.9 Å². The number of fused-ring (bicyclic) bond motifs is 5. The van der Waals surface area contributed by atoms with Gasteiger partial charge in [-0.3, -0.25) is 9.59 Å². The Labute approximate surface area is 256 Å². The largest absolute Gasteiger partial charge is 0.515 e. The quantitative estimate of drug-likeness (QED) is 0.343. The normalized spacial score (nSPS) is 18.4. The number of aliphatic hydroxyl groups is 1. The third kappa shape index (κ3) is 5.53. The molecule has 2 N–H and O–H groups in total. The van der Waals surface area contributed by atoms with Crippen LogP contribution in [0.5, 0.6) is 0 Å². The van der Waals surface area contributed by atoms with Crippen molar-refractivity contribution in [2.45, 2.75) is 53.4 Å². The molecule has 1 aromatic heterocycles. The minimum absolute atomic E-state index is 0.194. The van der Waals surface area contributed by atoms with E-state index in [9.17, 15) is 14.7 Å². The molecule has 0 unspecified atom stereocenters. The minimum atomic E-state index is -0.311. The van der Waals surface area contributed by atoms with Crippen LogP contribution in [0.1, 0.15) is 57.6 Å². The summed E-state index contributed by atoms with van der Waals surface area (Å²) < 4.78 is 9.84. The molecule has 0 fully saturated rings. The van der Waals surface area contributed by atoms with Crippen molar-refractivity contribution in [2.75, 3.05) is 14.2 Å². The van der Waals surface area contributed by atoms with Gasteiger partial charge in [0.15, 0.2) is 0 Å². The Morgan fingerprint density at radius 2 is 1.43 bits per heavy atom. The van der Waals surface area contributed by atoms with Gasteiger partial charge in [0, 0.05) is 34.7 Å². The first-order valence-electron chi connectivity index (χ1n) is 14.4. The van der Waals surface area contributed by atoms with E-state index in [-0.39, 0.29) is 24.8 Å². The number of nitrogens with zero attached hydrogens (tertiary/aromatic N) is 3. The van der Waals surface area contributed by atoms with Gasteiger partial charge in [0.05, 0.1) is 54.7 Å². The molecule has 0 saturated carbocycles. The van der Waals surface area contributed by atoms with Crippen LogP contribution in [0.25, 0.3) is 18.2 Å². The number of hydrogen-bond donors (Lipinski definition) is 2. The van der Waals surface area contributed by atoms with Crippen LogP contribution < -0.4 is 10.7 Å². The first-order chi connectivity index (χ1) is 21.1. The summed E-state index contributed by atoms with van der Waals surface area (Å²) >= 11 is 0. The molecule has 0 spiro atoms. The van der Waals surface area contributed by atoms with Crippen molar-refractivity contribution < 1.29 is 24.2 Å². The number of aliphatic hydroxyl groups excluding tert-OH is 1. The van der Waals surface area contributed by atoms with E-state index < -0.39 is 0 Å². The number of allylic oxidation sites excluding steroid dienone is 8. The maximum atomic E-state index is 12.1. The number of aliphatic imine (C=N–C) groups is 3. The SMILES string of the molecule is C=Cc1c(C)c2[nH]c1=CC1=NC(=CC3=NC(=CC4=C(C)/C(=C\O)C(=N4)C=2)C(C)=C3CCC(=O)OC)C(CCC(=O)OC)=C1C. The fourth-order valence-corrected chi connectivity index (χ4v) is 5.79. The van der Waals surface area contributed by atoms with Gasteiger partial charge in [0.1, 0.15) is 0 Å². The number of methoxy groups -OCH3 is 2. The molecule has 5 rings (SSSR count). The molecule has 0 atom stereocenters. The lowest BCUT2D eigenvalue weighted by Crippen LogP contribution is -2.15. The molecule has 0 saturated heterocycles. The zero-order valence-corrected chi connectivity index (χ0v) is 25.9. The molecule has 0 amide bonds. The van der Waals surface area contributed by atoms with Gasteiger partial charge in [-0.15, -0.1) is 0 Å². The molecule has 5 heterocycles. The second kappa shape index (κ2) is 12.3. The molecule has 8 bridgehead atoms. The zero-order chi connectivity index (χ0) is 31.7. The van der Waals surface area contributed by atoms with Gasteiger partial charge in [-0.1, -0.05) is 12.7 Å². The summed E-state index contributed by atoms with van der Waals surface area (Å²) in [5.74, 6) is -0.613. The molecule has 1 aromatic rings. The zero-order valence-electron chi connectivity index (χ0n) is 25.9. The third-order valence-corrected chi connectivity index (χ3v) is 8.50. The number of carbonyl (C=O) groups is 2. The number of carbonyl (C=O) groups excluding carboxylic acids is 2. The predicted octanol–water partition coefficient (Wildman–Crippen LogP) is 4.93. The van der Waals surface area contributed by atoms with Crippen LogP contribution in [0.2, 0.25) is 0 Å². The molecule has 0 aromatic carbocycles. The maximum Gasteiger partial charge on any atom is 0.305 e. The third-order valence-electron chi connectivity index (χ3n) is 8.50. The second-order valence-corrected chi connectivity index (χ2v) is 10.9. The summed E-state index contributed by atoms with van der Waals surface area (Å²) in [4.78, 5) is 42.7. The van der Waals surface area contributed by atoms with Crippen molar-refractivity contribution in [3.63, 3.8) is 0 Å². The van der Waals surface area contributed by atoms with Crippen molar-refractivity contribution in [2.24, 2.45) is 15.0 Å². The topological polar surface area (TPSA) is 126 Å². The molecule has 0 radical (unpaired) electrons. The lowest BCUT2D eigenvalue weighted by molar-refractivity contribution is -0.141. The lowest BCUT2D eigenvalue weighted by Gasteiger charge is -2.08. The number of nitrogens with one attached hydrogen (secondary N) is 1. The molecule has 44 heavy (non-hydrogen) atoms. The lowest BCUT2D eigenvalue weighted by atomic mass is 9.96. The van der Waals surface area contributed by atoms with Crippen molar-refractivity contribution in [1.82, 2.24) is 4.98 Å². The summed E-state index contributed by atoms with van der Waals surface area (Å²) in [6, 6.07) is 0. The summed E-state index contributed by atoms with van der Waals surface area (Å²) in [5.41, 5.74) is 11.2. The monoisotopic (exact) mass is 592 g/mol. The van der Waals surface area contributed by atoms with Gasteiger partial charge in [0.25, 0.3) is 0 Å². The fourth-order valence-electron chi connectivity index (χ4n) is 5.79. The molecular formula is C35H36N4O5. The van der Waals surface area contributed by atoms with Crippen molar-refractivity contribution in [1.29, 1.82) is 0 Å². The van der Waals surface area contributed by atoms with Gasteiger partial charge in [-0.25, -0.2) is 15.0 Å². The first-order valence-corrected chi connectivity index (χ1v) is 14.4. The second-order valence-electron chi connectivity index (χ2n) is 10.9. The number of H-pyrrole nitrogens is 1. The minimum Gasteiger partial charge on any atom is -0.515 e. The molecule has 4 aliphatic heterocycles. The van der Waals surface area contributed by atoms with Crippen LogP contribution in [0.4, 0.5) is 0 Å². The van der Waals surface area contributed by atoms with Gasteiger partial charge < -0.3 is 19.6 Å². The van der Waals surface area contributed by atoms with Crippen LogP contribution in [0, 0.1) is 6.92 Å². The van der Waals surface area contributed by atoms with Crippen molar-refractivity contribution >= 4 is 47.3 Å². The highest BCUT2D eigenvalue weighted by Crippen LogP contribution is 2.36. The molecule has 0 aliphatic carbocycles. The molecule has 4 aliphatic rings. The van der Waals surface area contributed by atoms with E-state index >= 15 is 0 Å². The van der Waals surface area contributed by atoms with Gasteiger partial charge in [-0.2, -0.15) is 0 Å². The molecule has 9 heteroatoms.